The van der Waals surface area contributed by atoms with Gasteiger partial charge >= 0.3 is 0 Å². The molecule has 0 saturated carbocycles. The Kier molecular flexibility index (Phi) is 4.12. The molecule has 100 valence electrons. The lowest BCUT2D eigenvalue weighted by atomic mass is 10.1. The fourth-order valence-electron chi connectivity index (χ4n) is 1.85. The Morgan fingerprint density at radius 2 is 1.68 bits per heavy atom. The molecule has 0 aliphatic carbocycles. The van der Waals surface area contributed by atoms with E-state index < -0.39 is 17.4 Å². The number of phenols is 1. The first-order valence-corrected chi connectivity index (χ1v) is 6.03. The molecule has 4 heteroatoms. The van der Waals surface area contributed by atoms with Crippen molar-refractivity contribution in [1.29, 1.82) is 0 Å². The van der Waals surface area contributed by atoms with Crippen LogP contribution in [0, 0.1) is 11.6 Å². The summed E-state index contributed by atoms with van der Waals surface area (Å²) in [5, 5.41) is 12.2. The van der Waals surface area contributed by atoms with Gasteiger partial charge in [-0.05, 0) is 30.2 Å². The average Bonchev–Trinajstić information content (AvgIpc) is 2.43. The molecule has 0 radical (unpaired) electrons. The van der Waals surface area contributed by atoms with E-state index in [2.05, 4.69) is 5.32 Å². The minimum atomic E-state index is -0.941. The highest BCUT2D eigenvalue weighted by Crippen LogP contribution is 2.22. The second kappa shape index (κ2) is 5.80. The van der Waals surface area contributed by atoms with Gasteiger partial charge in [0.05, 0.1) is 0 Å². The largest absolute Gasteiger partial charge is 0.503 e. The van der Waals surface area contributed by atoms with Gasteiger partial charge in [-0.3, -0.25) is 0 Å². The first kappa shape index (κ1) is 13.5. The van der Waals surface area contributed by atoms with Crippen LogP contribution < -0.4 is 5.32 Å². The van der Waals surface area contributed by atoms with E-state index in [1.54, 1.807) is 0 Å². The maximum atomic E-state index is 13.2. The van der Waals surface area contributed by atoms with E-state index in [0.717, 1.165) is 17.7 Å². The summed E-state index contributed by atoms with van der Waals surface area (Å²) >= 11 is 0. The van der Waals surface area contributed by atoms with Gasteiger partial charge in [-0.2, -0.15) is 0 Å². The van der Waals surface area contributed by atoms with Gasteiger partial charge in [0.15, 0.2) is 17.4 Å². The Labute approximate surface area is 110 Å². The Morgan fingerprint density at radius 1 is 1.11 bits per heavy atom. The zero-order chi connectivity index (χ0) is 13.8. The molecule has 0 amide bonds. The SMILES string of the molecule is CC(NCc1cc(F)c(O)c(F)c1)c1ccccc1. The fourth-order valence-corrected chi connectivity index (χ4v) is 1.85. The molecule has 19 heavy (non-hydrogen) atoms. The highest BCUT2D eigenvalue weighted by molar-refractivity contribution is 5.30. The van der Waals surface area contributed by atoms with Crippen molar-refractivity contribution in [3.8, 4) is 5.75 Å². The maximum Gasteiger partial charge on any atom is 0.187 e. The molecule has 1 unspecified atom stereocenters. The van der Waals surface area contributed by atoms with Gasteiger partial charge in [0.25, 0.3) is 0 Å². The molecule has 0 aliphatic heterocycles. The summed E-state index contributed by atoms with van der Waals surface area (Å²) in [5.41, 5.74) is 1.55. The van der Waals surface area contributed by atoms with Crippen molar-refractivity contribution in [2.75, 3.05) is 0 Å². The van der Waals surface area contributed by atoms with Crippen LogP contribution in [0.2, 0.25) is 0 Å². The highest BCUT2D eigenvalue weighted by atomic mass is 19.1. The van der Waals surface area contributed by atoms with Crippen molar-refractivity contribution in [1.82, 2.24) is 5.32 Å². The van der Waals surface area contributed by atoms with Crippen molar-refractivity contribution in [3.63, 3.8) is 0 Å². The van der Waals surface area contributed by atoms with Gasteiger partial charge in [-0.1, -0.05) is 30.3 Å². The number of aromatic hydroxyl groups is 1. The van der Waals surface area contributed by atoms with Crippen LogP contribution in [0.5, 0.6) is 5.75 Å². The van der Waals surface area contributed by atoms with Crippen molar-refractivity contribution in [3.05, 3.63) is 65.2 Å². The topological polar surface area (TPSA) is 32.3 Å². The number of phenolic OH excluding ortho intramolecular Hbond substituents is 1. The van der Waals surface area contributed by atoms with Crippen molar-refractivity contribution < 1.29 is 13.9 Å². The maximum absolute atomic E-state index is 13.2. The second-order valence-corrected chi connectivity index (χ2v) is 4.42. The summed E-state index contributed by atoms with van der Waals surface area (Å²) in [5.74, 6) is -2.81. The molecule has 0 spiro atoms. The molecule has 0 aromatic heterocycles. The molecule has 2 rings (SSSR count). The van der Waals surface area contributed by atoms with E-state index in [4.69, 9.17) is 5.11 Å². The summed E-state index contributed by atoms with van der Waals surface area (Å²) < 4.78 is 26.3. The molecule has 2 N–H and O–H groups in total. The summed E-state index contributed by atoms with van der Waals surface area (Å²) in [4.78, 5) is 0. The third-order valence-corrected chi connectivity index (χ3v) is 2.99. The minimum Gasteiger partial charge on any atom is -0.503 e. The van der Waals surface area contributed by atoms with Crippen LogP contribution in [-0.4, -0.2) is 5.11 Å². The lowest BCUT2D eigenvalue weighted by Gasteiger charge is -2.14. The molecule has 2 aromatic carbocycles. The van der Waals surface area contributed by atoms with Crippen LogP contribution in [0.15, 0.2) is 42.5 Å². The summed E-state index contributed by atoms with van der Waals surface area (Å²) in [6.07, 6.45) is 0. The number of hydrogen-bond acceptors (Lipinski definition) is 2. The van der Waals surface area contributed by atoms with E-state index in [0.29, 0.717) is 12.1 Å². The molecule has 0 bridgehead atoms. The monoisotopic (exact) mass is 263 g/mol. The molecule has 0 aliphatic rings. The van der Waals surface area contributed by atoms with Crippen LogP contribution in [-0.2, 0) is 6.54 Å². The Bertz CT molecular complexity index is 534. The molecule has 1 atom stereocenters. The van der Waals surface area contributed by atoms with Gasteiger partial charge in [0.1, 0.15) is 0 Å². The second-order valence-electron chi connectivity index (χ2n) is 4.42. The average molecular weight is 263 g/mol. The van der Waals surface area contributed by atoms with Gasteiger partial charge in [-0.25, -0.2) is 8.78 Å². The van der Waals surface area contributed by atoms with Crippen LogP contribution in [0.4, 0.5) is 8.78 Å². The fraction of sp³-hybridized carbons (Fsp3) is 0.200. The summed E-state index contributed by atoms with van der Waals surface area (Å²) in [6, 6.07) is 12.1. The summed E-state index contributed by atoms with van der Waals surface area (Å²) in [7, 11) is 0. The molecule has 0 heterocycles. The first-order chi connectivity index (χ1) is 9.08. The van der Waals surface area contributed by atoms with E-state index in [1.807, 2.05) is 37.3 Å². The van der Waals surface area contributed by atoms with E-state index in [-0.39, 0.29) is 6.04 Å². The number of rotatable bonds is 4. The highest BCUT2D eigenvalue weighted by Gasteiger charge is 2.10. The Hall–Kier alpha value is -1.94. The standard InChI is InChI=1S/C15H15F2NO/c1-10(12-5-3-2-4-6-12)18-9-11-7-13(16)15(19)14(17)8-11/h2-8,10,18-19H,9H2,1H3. The predicted octanol–water partition coefficient (Wildman–Crippen LogP) is 3.52. The third-order valence-electron chi connectivity index (χ3n) is 2.99. The molecule has 2 nitrogen and oxygen atoms in total. The molecule has 0 fully saturated rings. The zero-order valence-electron chi connectivity index (χ0n) is 10.5. The number of nitrogens with one attached hydrogen (secondary N) is 1. The van der Waals surface area contributed by atoms with E-state index >= 15 is 0 Å². The van der Waals surface area contributed by atoms with Crippen LogP contribution in [0.25, 0.3) is 0 Å². The number of halogens is 2. The number of benzene rings is 2. The first-order valence-electron chi connectivity index (χ1n) is 6.03. The minimum absolute atomic E-state index is 0.0705. The smallest absolute Gasteiger partial charge is 0.187 e. The van der Waals surface area contributed by atoms with Crippen molar-refractivity contribution >= 4 is 0 Å². The Morgan fingerprint density at radius 3 is 2.26 bits per heavy atom. The van der Waals surface area contributed by atoms with Crippen LogP contribution in [0.1, 0.15) is 24.1 Å². The lowest BCUT2D eigenvalue weighted by Crippen LogP contribution is -2.18. The zero-order valence-corrected chi connectivity index (χ0v) is 10.5. The molecule has 2 aromatic rings. The van der Waals surface area contributed by atoms with Crippen LogP contribution in [0.3, 0.4) is 0 Å². The molecular formula is C15H15F2NO. The quantitative estimate of drug-likeness (QED) is 0.884. The van der Waals surface area contributed by atoms with Crippen molar-refractivity contribution in [2.24, 2.45) is 0 Å². The van der Waals surface area contributed by atoms with Crippen molar-refractivity contribution in [2.45, 2.75) is 19.5 Å². The van der Waals surface area contributed by atoms with E-state index in [1.165, 1.54) is 0 Å². The lowest BCUT2D eigenvalue weighted by molar-refractivity contribution is 0.394. The van der Waals surface area contributed by atoms with Gasteiger partial charge in [0, 0.05) is 12.6 Å². The van der Waals surface area contributed by atoms with Gasteiger partial charge in [0.2, 0.25) is 0 Å². The van der Waals surface area contributed by atoms with Gasteiger partial charge < -0.3 is 10.4 Å². The third kappa shape index (κ3) is 3.29. The van der Waals surface area contributed by atoms with Crippen LogP contribution >= 0.6 is 0 Å². The van der Waals surface area contributed by atoms with Gasteiger partial charge in [-0.15, -0.1) is 0 Å². The number of hydrogen-bond donors (Lipinski definition) is 2. The van der Waals surface area contributed by atoms with E-state index in [9.17, 15) is 8.78 Å². The molecular weight excluding hydrogens is 248 g/mol. The Balaban J connectivity index is 2.03. The predicted molar refractivity (Wildman–Crippen MR) is 69.7 cm³/mol. The normalized spacial score (nSPS) is 12.4. The summed E-state index contributed by atoms with van der Waals surface area (Å²) in [6.45, 7) is 2.30. The molecule has 0 saturated heterocycles.